The van der Waals surface area contributed by atoms with E-state index in [1.165, 1.54) is 12.5 Å². The van der Waals surface area contributed by atoms with Gasteiger partial charge >= 0.3 is 0 Å². The summed E-state index contributed by atoms with van der Waals surface area (Å²) in [7, 11) is 0. The van der Waals surface area contributed by atoms with E-state index in [-0.39, 0.29) is 17.8 Å². The van der Waals surface area contributed by atoms with Crippen LogP contribution in [0, 0.1) is 17.7 Å². The van der Waals surface area contributed by atoms with Crippen molar-refractivity contribution >= 4 is 11.6 Å². The summed E-state index contributed by atoms with van der Waals surface area (Å²) in [6.45, 7) is 2.84. The fraction of sp³-hybridized carbons (Fsp3) is 0.588. The van der Waals surface area contributed by atoms with Gasteiger partial charge in [0.1, 0.15) is 5.82 Å². The number of nitrogens with zero attached hydrogens (tertiary/aromatic N) is 1. The van der Waals surface area contributed by atoms with Gasteiger partial charge in [-0.25, -0.2) is 4.39 Å². The Kier molecular flexibility index (Phi) is 3.98. The zero-order valence-electron chi connectivity index (χ0n) is 12.5. The summed E-state index contributed by atoms with van der Waals surface area (Å²) in [6.07, 6.45) is 4.35. The molecule has 0 spiro atoms. The molecule has 1 amide bonds. The predicted molar refractivity (Wildman–Crippen MR) is 81.6 cm³/mol. The van der Waals surface area contributed by atoms with Gasteiger partial charge in [-0.15, -0.1) is 0 Å². The fourth-order valence-corrected chi connectivity index (χ4v) is 3.85. The average Bonchev–Trinajstić information content (AvgIpc) is 2.47. The highest BCUT2D eigenvalue weighted by Crippen LogP contribution is 2.38. The Balaban J connectivity index is 1.98. The second-order valence-corrected chi connectivity index (χ2v) is 6.52. The Labute approximate surface area is 125 Å². The summed E-state index contributed by atoms with van der Waals surface area (Å²) in [5, 5.41) is 0. The predicted octanol–water partition coefficient (Wildman–Crippen LogP) is 2.87. The molecule has 0 bridgehead atoms. The van der Waals surface area contributed by atoms with Gasteiger partial charge in [0.05, 0.1) is 0 Å². The van der Waals surface area contributed by atoms with Crippen LogP contribution in [0.3, 0.4) is 0 Å². The number of fused-ring (bicyclic) bond motifs is 1. The van der Waals surface area contributed by atoms with Gasteiger partial charge in [-0.05, 0) is 61.4 Å². The molecular formula is C17H23FN2O. The molecular weight excluding hydrogens is 267 g/mol. The number of amides is 1. The molecule has 114 valence electrons. The van der Waals surface area contributed by atoms with Crippen LogP contribution in [0.25, 0.3) is 0 Å². The Morgan fingerprint density at radius 3 is 2.90 bits per heavy atom. The van der Waals surface area contributed by atoms with Crippen LogP contribution in [0.1, 0.15) is 38.2 Å². The highest BCUT2D eigenvalue weighted by atomic mass is 19.1. The maximum absolute atomic E-state index is 13.4. The first-order valence-corrected chi connectivity index (χ1v) is 7.90. The molecule has 1 aromatic carbocycles. The highest BCUT2D eigenvalue weighted by molar-refractivity contribution is 5.97. The number of benzene rings is 1. The molecule has 1 aliphatic carbocycles. The van der Waals surface area contributed by atoms with Crippen molar-refractivity contribution in [3.05, 3.63) is 29.6 Å². The summed E-state index contributed by atoms with van der Waals surface area (Å²) >= 11 is 0. The quantitative estimate of drug-likeness (QED) is 0.910. The molecule has 0 radical (unpaired) electrons. The maximum atomic E-state index is 13.4. The Bertz CT molecular complexity index is 546. The number of halogens is 1. The van der Waals surface area contributed by atoms with Gasteiger partial charge in [-0.1, -0.05) is 13.3 Å². The number of nitrogens with two attached hydrogens (primary N) is 1. The Hall–Kier alpha value is -1.42. The topological polar surface area (TPSA) is 46.3 Å². The number of hydrogen-bond acceptors (Lipinski definition) is 2. The fourth-order valence-electron chi connectivity index (χ4n) is 3.85. The SMILES string of the molecule is CC1CCC(CN)C(N2C(=O)CCc3cc(F)ccc32)C1. The number of hydrogen-bond donors (Lipinski definition) is 1. The van der Waals surface area contributed by atoms with Crippen LogP contribution in [0.15, 0.2) is 18.2 Å². The van der Waals surface area contributed by atoms with Crippen LogP contribution in [0.4, 0.5) is 10.1 Å². The molecule has 21 heavy (non-hydrogen) atoms. The van der Waals surface area contributed by atoms with Crippen LogP contribution in [0.5, 0.6) is 0 Å². The van der Waals surface area contributed by atoms with E-state index < -0.39 is 0 Å². The average molecular weight is 290 g/mol. The highest BCUT2D eigenvalue weighted by Gasteiger charge is 2.37. The normalized spacial score (nSPS) is 29.4. The van der Waals surface area contributed by atoms with E-state index in [0.29, 0.717) is 31.2 Å². The third-order valence-corrected chi connectivity index (χ3v) is 5.03. The van der Waals surface area contributed by atoms with Crippen molar-refractivity contribution in [1.82, 2.24) is 0 Å². The first-order valence-electron chi connectivity index (χ1n) is 7.90. The van der Waals surface area contributed by atoms with E-state index in [2.05, 4.69) is 6.92 Å². The monoisotopic (exact) mass is 290 g/mol. The largest absolute Gasteiger partial charge is 0.330 e. The molecule has 3 rings (SSSR count). The number of rotatable bonds is 2. The molecule has 2 N–H and O–H groups in total. The van der Waals surface area contributed by atoms with Crippen molar-refractivity contribution in [2.75, 3.05) is 11.4 Å². The van der Waals surface area contributed by atoms with Gasteiger partial charge in [-0.3, -0.25) is 4.79 Å². The molecule has 3 atom stereocenters. The van der Waals surface area contributed by atoms with Gasteiger partial charge < -0.3 is 10.6 Å². The lowest BCUT2D eigenvalue weighted by molar-refractivity contribution is -0.119. The molecule has 2 aliphatic rings. The lowest BCUT2D eigenvalue weighted by Crippen LogP contribution is -2.51. The van der Waals surface area contributed by atoms with E-state index in [0.717, 1.165) is 24.1 Å². The molecule has 0 aromatic heterocycles. The van der Waals surface area contributed by atoms with Gasteiger partial charge in [0.25, 0.3) is 0 Å². The number of aryl methyl sites for hydroxylation is 1. The first-order chi connectivity index (χ1) is 10.1. The van der Waals surface area contributed by atoms with Gasteiger partial charge in [0, 0.05) is 18.2 Å². The van der Waals surface area contributed by atoms with E-state index in [1.807, 2.05) is 4.90 Å². The van der Waals surface area contributed by atoms with Crippen molar-refractivity contribution < 1.29 is 9.18 Å². The van der Waals surface area contributed by atoms with E-state index in [9.17, 15) is 9.18 Å². The lowest BCUT2D eigenvalue weighted by Gasteiger charge is -2.44. The Morgan fingerprint density at radius 2 is 2.14 bits per heavy atom. The third-order valence-electron chi connectivity index (χ3n) is 5.03. The molecule has 1 saturated carbocycles. The van der Waals surface area contributed by atoms with E-state index in [1.54, 1.807) is 12.1 Å². The minimum atomic E-state index is -0.226. The first kappa shape index (κ1) is 14.5. The molecule has 3 unspecified atom stereocenters. The second kappa shape index (κ2) is 5.76. The van der Waals surface area contributed by atoms with Crippen LogP contribution in [-0.2, 0) is 11.2 Å². The second-order valence-electron chi connectivity index (χ2n) is 6.52. The summed E-state index contributed by atoms with van der Waals surface area (Å²) in [4.78, 5) is 14.4. The van der Waals surface area contributed by atoms with E-state index in [4.69, 9.17) is 5.73 Å². The molecule has 1 aliphatic heterocycles. The Morgan fingerprint density at radius 1 is 1.33 bits per heavy atom. The lowest BCUT2D eigenvalue weighted by atomic mass is 9.77. The van der Waals surface area contributed by atoms with Crippen molar-refractivity contribution in [1.29, 1.82) is 0 Å². The molecule has 4 heteroatoms. The molecule has 1 aromatic rings. The van der Waals surface area contributed by atoms with Gasteiger partial charge in [0.15, 0.2) is 0 Å². The van der Waals surface area contributed by atoms with Crippen molar-refractivity contribution in [2.24, 2.45) is 17.6 Å². The zero-order chi connectivity index (χ0) is 15.0. The van der Waals surface area contributed by atoms with Crippen LogP contribution >= 0.6 is 0 Å². The zero-order valence-corrected chi connectivity index (χ0v) is 12.5. The van der Waals surface area contributed by atoms with Crippen LogP contribution < -0.4 is 10.6 Å². The summed E-state index contributed by atoms with van der Waals surface area (Å²) < 4.78 is 13.4. The van der Waals surface area contributed by atoms with Crippen LogP contribution in [-0.4, -0.2) is 18.5 Å². The van der Waals surface area contributed by atoms with Crippen LogP contribution in [0.2, 0.25) is 0 Å². The summed E-state index contributed by atoms with van der Waals surface area (Å²) in [5.74, 6) is 0.889. The molecule has 1 fully saturated rings. The van der Waals surface area contributed by atoms with Crippen molar-refractivity contribution in [3.63, 3.8) is 0 Å². The number of carbonyl (C=O) groups excluding carboxylic acids is 1. The summed E-state index contributed by atoms with van der Waals surface area (Å²) in [5.41, 5.74) is 7.78. The van der Waals surface area contributed by atoms with Crippen molar-refractivity contribution in [3.8, 4) is 0 Å². The third kappa shape index (κ3) is 2.69. The molecule has 0 saturated heterocycles. The molecule has 1 heterocycles. The van der Waals surface area contributed by atoms with Crippen molar-refractivity contribution in [2.45, 2.75) is 45.1 Å². The standard InChI is InChI=1S/C17H23FN2O/c1-11-2-3-13(10-19)16(8-11)20-15-6-5-14(18)9-12(15)4-7-17(20)21/h5-6,9,11,13,16H,2-4,7-8,10,19H2,1H3. The number of anilines is 1. The summed E-state index contributed by atoms with van der Waals surface area (Å²) in [6, 6.07) is 4.94. The maximum Gasteiger partial charge on any atom is 0.227 e. The molecule has 3 nitrogen and oxygen atoms in total. The smallest absolute Gasteiger partial charge is 0.227 e. The minimum Gasteiger partial charge on any atom is -0.330 e. The van der Waals surface area contributed by atoms with E-state index >= 15 is 0 Å². The van der Waals surface area contributed by atoms with Gasteiger partial charge in [-0.2, -0.15) is 0 Å². The minimum absolute atomic E-state index is 0.159. The van der Waals surface area contributed by atoms with Gasteiger partial charge in [0.2, 0.25) is 5.91 Å². The number of carbonyl (C=O) groups is 1.